The number of rotatable bonds is 4. The lowest BCUT2D eigenvalue weighted by Gasteiger charge is -2.32. The normalized spacial score (nSPS) is 20.4. The summed E-state index contributed by atoms with van der Waals surface area (Å²) in [6.45, 7) is 8.67. The van der Waals surface area contributed by atoms with Gasteiger partial charge in [0.1, 0.15) is 0 Å². The first-order chi connectivity index (χ1) is 12.7. The van der Waals surface area contributed by atoms with Crippen molar-refractivity contribution in [3.63, 3.8) is 0 Å². The van der Waals surface area contributed by atoms with E-state index in [-0.39, 0.29) is 18.4 Å². The van der Waals surface area contributed by atoms with E-state index in [2.05, 4.69) is 5.10 Å². The lowest BCUT2D eigenvalue weighted by Crippen LogP contribution is -2.41. The summed E-state index contributed by atoms with van der Waals surface area (Å²) in [5, 5.41) is 4.32. The molecular weight excluding hydrogens is 345 g/mol. The Kier molecular flexibility index (Phi) is 4.01. The summed E-state index contributed by atoms with van der Waals surface area (Å²) in [6, 6.07) is 6.88. The largest absolute Gasteiger partial charge is 0.498 e. The minimum absolute atomic E-state index is 0.256. The van der Waals surface area contributed by atoms with Crippen LogP contribution in [0.5, 0.6) is 0 Å². The number of hydrogen-bond acceptors (Lipinski definition) is 5. The zero-order chi connectivity index (χ0) is 19.4. The van der Waals surface area contributed by atoms with Crippen molar-refractivity contribution in [2.24, 2.45) is 0 Å². The SMILES string of the molecule is CC1(C)OB(c2cnn(CCN3C(=O)c4ccccc4C3=O)c2)OC1(C)C. The van der Waals surface area contributed by atoms with Gasteiger partial charge in [-0.15, -0.1) is 0 Å². The summed E-state index contributed by atoms with van der Waals surface area (Å²) in [5.74, 6) is -0.511. The van der Waals surface area contributed by atoms with Crippen LogP contribution in [0.15, 0.2) is 36.7 Å². The molecule has 0 N–H and O–H groups in total. The van der Waals surface area contributed by atoms with Crippen molar-refractivity contribution in [3.05, 3.63) is 47.8 Å². The van der Waals surface area contributed by atoms with Gasteiger partial charge in [-0.2, -0.15) is 5.10 Å². The minimum atomic E-state index is -0.483. The molecule has 0 saturated carbocycles. The molecule has 1 aromatic carbocycles. The number of fused-ring (bicyclic) bond motifs is 1. The Morgan fingerprint density at radius 1 is 0.963 bits per heavy atom. The Bertz CT molecular complexity index is 870. The van der Waals surface area contributed by atoms with Crippen LogP contribution in [0.25, 0.3) is 0 Å². The highest BCUT2D eigenvalue weighted by Crippen LogP contribution is 2.36. The molecule has 2 aliphatic heterocycles. The zero-order valence-corrected chi connectivity index (χ0v) is 15.9. The van der Waals surface area contributed by atoms with Gasteiger partial charge < -0.3 is 9.31 Å². The molecule has 0 atom stereocenters. The summed E-state index contributed by atoms with van der Waals surface area (Å²) in [4.78, 5) is 26.1. The molecule has 1 fully saturated rings. The number of imide groups is 1. The third-order valence-electron chi connectivity index (χ3n) is 5.61. The first-order valence-corrected chi connectivity index (χ1v) is 9.03. The Morgan fingerprint density at radius 2 is 1.52 bits per heavy atom. The molecule has 27 heavy (non-hydrogen) atoms. The van der Waals surface area contributed by atoms with Crippen LogP contribution < -0.4 is 5.46 Å². The standard InChI is InChI=1S/C19H22BN3O4/c1-18(2)19(3,4)27-20(26-18)13-11-21-22(12-13)9-10-23-16(24)14-7-5-6-8-15(14)17(23)25/h5-8,11-12H,9-10H2,1-4H3. The molecule has 3 heterocycles. The van der Waals surface area contributed by atoms with Crippen molar-refractivity contribution in [1.29, 1.82) is 0 Å². The van der Waals surface area contributed by atoms with Gasteiger partial charge in [-0.1, -0.05) is 12.1 Å². The number of carbonyl (C=O) groups excluding carboxylic acids is 2. The first kappa shape index (κ1) is 17.9. The fraction of sp³-hybridized carbons (Fsp3) is 0.421. The molecule has 1 saturated heterocycles. The van der Waals surface area contributed by atoms with Crippen LogP contribution in [-0.4, -0.2) is 51.4 Å². The monoisotopic (exact) mass is 367 g/mol. The highest BCUT2D eigenvalue weighted by molar-refractivity contribution is 6.62. The van der Waals surface area contributed by atoms with Gasteiger partial charge in [0.05, 0.1) is 28.9 Å². The second-order valence-corrected chi connectivity index (χ2v) is 7.93. The van der Waals surface area contributed by atoms with Gasteiger partial charge in [0.15, 0.2) is 0 Å². The van der Waals surface area contributed by atoms with Crippen LogP contribution >= 0.6 is 0 Å². The molecule has 140 valence electrons. The van der Waals surface area contributed by atoms with Gasteiger partial charge in [-0.05, 0) is 39.8 Å². The summed E-state index contributed by atoms with van der Waals surface area (Å²) in [7, 11) is -0.483. The number of carbonyl (C=O) groups is 2. The van der Waals surface area contributed by atoms with Crippen LogP contribution in [0.1, 0.15) is 48.4 Å². The Morgan fingerprint density at radius 3 is 2.07 bits per heavy atom. The maximum Gasteiger partial charge on any atom is 0.498 e. The van der Waals surface area contributed by atoms with E-state index in [1.54, 1.807) is 35.1 Å². The predicted molar refractivity (Wildman–Crippen MR) is 99.8 cm³/mol. The molecule has 8 heteroatoms. The van der Waals surface area contributed by atoms with Crippen LogP contribution in [0.4, 0.5) is 0 Å². The van der Waals surface area contributed by atoms with E-state index in [0.29, 0.717) is 17.7 Å². The van der Waals surface area contributed by atoms with E-state index < -0.39 is 18.3 Å². The molecule has 7 nitrogen and oxygen atoms in total. The third-order valence-corrected chi connectivity index (χ3v) is 5.61. The van der Waals surface area contributed by atoms with Crippen LogP contribution in [0.3, 0.4) is 0 Å². The highest BCUT2D eigenvalue weighted by Gasteiger charge is 2.52. The Hall–Kier alpha value is -2.45. The number of nitrogens with zero attached hydrogens (tertiary/aromatic N) is 3. The lowest BCUT2D eigenvalue weighted by atomic mass is 9.82. The lowest BCUT2D eigenvalue weighted by molar-refractivity contribution is 0.00578. The maximum atomic E-state index is 12.4. The summed E-state index contributed by atoms with van der Waals surface area (Å²) >= 11 is 0. The summed E-state index contributed by atoms with van der Waals surface area (Å²) < 4.78 is 13.7. The second-order valence-electron chi connectivity index (χ2n) is 7.93. The first-order valence-electron chi connectivity index (χ1n) is 9.03. The van der Waals surface area contributed by atoms with Crippen LogP contribution in [0.2, 0.25) is 0 Å². The number of hydrogen-bond donors (Lipinski definition) is 0. The highest BCUT2D eigenvalue weighted by atomic mass is 16.7. The molecule has 0 spiro atoms. The van der Waals surface area contributed by atoms with Crippen molar-refractivity contribution in [2.45, 2.75) is 45.4 Å². The number of benzene rings is 1. The van der Waals surface area contributed by atoms with E-state index in [9.17, 15) is 9.59 Å². The minimum Gasteiger partial charge on any atom is -0.399 e. The average molecular weight is 367 g/mol. The molecule has 2 aromatic rings. The summed E-state index contributed by atoms with van der Waals surface area (Å²) in [5.41, 5.74) is 0.901. The summed E-state index contributed by atoms with van der Waals surface area (Å²) in [6.07, 6.45) is 3.53. The van der Waals surface area contributed by atoms with Gasteiger partial charge >= 0.3 is 7.12 Å². The van der Waals surface area contributed by atoms with E-state index in [1.165, 1.54) is 4.90 Å². The molecule has 0 bridgehead atoms. The molecule has 0 aliphatic carbocycles. The third kappa shape index (κ3) is 2.89. The molecule has 0 unspecified atom stereocenters. The van der Waals surface area contributed by atoms with Crippen molar-refractivity contribution in [3.8, 4) is 0 Å². The average Bonchev–Trinajstić information content (AvgIpc) is 3.23. The van der Waals surface area contributed by atoms with Gasteiger partial charge in [0.2, 0.25) is 0 Å². The second kappa shape index (κ2) is 6.04. The van der Waals surface area contributed by atoms with Crippen molar-refractivity contribution in [2.75, 3.05) is 6.54 Å². The van der Waals surface area contributed by atoms with Gasteiger partial charge in [-0.25, -0.2) is 0 Å². The molecule has 1 aromatic heterocycles. The number of aromatic nitrogens is 2. The Balaban J connectivity index is 1.43. The number of amides is 2. The molecule has 0 radical (unpaired) electrons. The van der Waals surface area contributed by atoms with Crippen molar-refractivity contribution in [1.82, 2.24) is 14.7 Å². The smallest absolute Gasteiger partial charge is 0.399 e. The fourth-order valence-corrected chi connectivity index (χ4v) is 3.25. The van der Waals surface area contributed by atoms with E-state index in [4.69, 9.17) is 9.31 Å². The van der Waals surface area contributed by atoms with Gasteiger partial charge in [0.25, 0.3) is 11.8 Å². The fourth-order valence-electron chi connectivity index (χ4n) is 3.25. The molecule has 2 aliphatic rings. The Labute approximate surface area is 158 Å². The molecule has 4 rings (SSSR count). The van der Waals surface area contributed by atoms with Crippen LogP contribution in [-0.2, 0) is 15.9 Å². The van der Waals surface area contributed by atoms with Gasteiger partial charge in [-0.3, -0.25) is 19.2 Å². The van der Waals surface area contributed by atoms with E-state index in [0.717, 1.165) is 5.46 Å². The molecular formula is C19H22BN3O4. The predicted octanol–water partition coefficient (Wildman–Crippen LogP) is 1.48. The van der Waals surface area contributed by atoms with Crippen molar-refractivity contribution < 1.29 is 18.9 Å². The maximum absolute atomic E-state index is 12.4. The van der Waals surface area contributed by atoms with Gasteiger partial charge in [0, 0.05) is 24.4 Å². The van der Waals surface area contributed by atoms with E-state index >= 15 is 0 Å². The van der Waals surface area contributed by atoms with E-state index in [1.807, 2.05) is 33.9 Å². The van der Waals surface area contributed by atoms with Crippen LogP contribution in [0, 0.1) is 0 Å². The zero-order valence-electron chi connectivity index (χ0n) is 15.9. The quantitative estimate of drug-likeness (QED) is 0.605. The topological polar surface area (TPSA) is 73.7 Å². The van der Waals surface area contributed by atoms with Crippen molar-refractivity contribution >= 4 is 24.4 Å². The molecule has 2 amide bonds.